The van der Waals surface area contributed by atoms with Crippen molar-refractivity contribution >= 4 is 38.4 Å². The number of hydrogen-bond acceptors (Lipinski definition) is 8. The van der Waals surface area contributed by atoms with Crippen molar-refractivity contribution in [2.45, 2.75) is 57.6 Å². The SMILES string of the molecule is CCCCCCN1CC(OC(=O)c2cc(Br)co2)[N+]([O-])(c2nnc(C3CC3)s2)C1. The molecule has 8 nitrogen and oxygen atoms in total. The van der Waals surface area contributed by atoms with E-state index < -0.39 is 16.8 Å². The van der Waals surface area contributed by atoms with Crippen LogP contribution in [0.25, 0.3) is 0 Å². The fourth-order valence-corrected chi connectivity index (χ4v) is 4.89. The highest BCUT2D eigenvalue weighted by Gasteiger charge is 2.47. The van der Waals surface area contributed by atoms with Crippen molar-refractivity contribution in [2.75, 3.05) is 19.8 Å². The molecule has 0 aromatic carbocycles. The Morgan fingerprint density at radius 2 is 2.24 bits per heavy atom. The third-order valence-corrected chi connectivity index (χ3v) is 6.92. The topological polar surface area (TPSA) is 91.5 Å². The molecule has 2 aromatic rings. The summed E-state index contributed by atoms with van der Waals surface area (Å²) in [6, 6.07) is 1.54. The largest absolute Gasteiger partial charge is 0.622 e. The van der Waals surface area contributed by atoms with Gasteiger partial charge in [0.05, 0.1) is 11.0 Å². The molecule has 2 atom stereocenters. The first kappa shape index (κ1) is 20.9. The molecule has 158 valence electrons. The van der Waals surface area contributed by atoms with Crippen molar-refractivity contribution in [3.8, 4) is 0 Å². The molecular weight excluding hydrogens is 460 g/mol. The summed E-state index contributed by atoms with van der Waals surface area (Å²) in [7, 11) is 0. The molecule has 10 heteroatoms. The van der Waals surface area contributed by atoms with Crippen LogP contribution in [-0.4, -0.2) is 47.1 Å². The fourth-order valence-electron chi connectivity index (χ4n) is 3.51. The summed E-state index contributed by atoms with van der Waals surface area (Å²) < 4.78 is 10.7. The Labute approximate surface area is 182 Å². The number of unbranched alkanes of at least 4 members (excludes halogenated alkanes) is 3. The minimum absolute atomic E-state index is 0.0701. The van der Waals surface area contributed by atoms with Crippen LogP contribution in [0.1, 0.15) is 66.9 Å². The highest BCUT2D eigenvalue weighted by atomic mass is 79.9. The summed E-state index contributed by atoms with van der Waals surface area (Å²) in [5, 5.41) is 23.5. The quantitative estimate of drug-likeness (QED) is 0.222. The van der Waals surface area contributed by atoms with E-state index in [-0.39, 0.29) is 12.4 Å². The predicted molar refractivity (Wildman–Crippen MR) is 113 cm³/mol. The van der Waals surface area contributed by atoms with Gasteiger partial charge in [-0.25, -0.2) is 9.69 Å². The van der Waals surface area contributed by atoms with E-state index in [9.17, 15) is 10.0 Å². The Morgan fingerprint density at radius 3 is 2.93 bits per heavy atom. The lowest BCUT2D eigenvalue weighted by atomic mass is 10.2. The van der Waals surface area contributed by atoms with Gasteiger partial charge in [0.2, 0.25) is 5.76 Å². The van der Waals surface area contributed by atoms with Gasteiger partial charge in [0, 0.05) is 18.5 Å². The van der Waals surface area contributed by atoms with Crippen molar-refractivity contribution in [1.29, 1.82) is 0 Å². The summed E-state index contributed by atoms with van der Waals surface area (Å²) in [6.07, 6.45) is 7.21. The van der Waals surface area contributed by atoms with Gasteiger partial charge in [-0.05, 0) is 46.5 Å². The zero-order valence-corrected chi connectivity index (χ0v) is 18.8. The molecule has 29 heavy (non-hydrogen) atoms. The second kappa shape index (κ2) is 8.81. The van der Waals surface area contributed by atoms with Crippen LogP contribution in [0.15, 0.2) is 21.2 Å². The number of quaternary nitrogens is 1. The number of carbonyl (C=O) groups excluding carboxylic acids is 1. The minimum Gasteiger partial charge on any atom is -0.622 e. The van der Waals surface area contributed by atoms with Crippen LogP contribution in [0.3, 0.4) is 0 Å². The summed E-state index contributed by atoms with van der Waals surface area (Å²) in [5.41, 5.74) is 0. The molecule has 0 radical (unpaired) electrons. The number of hydrogen-bond donors (Lipinski definition) is 0. The van der Waals surface area contributed by atoms with Gasteiger partial charge in [-0.3, -0.25) is 4.65 Å². The first-order valence-electron chi connectivity index (χ1n) is 10.1. The second-order valence-electron chi connectivity index (χ2n) is 7.76. The van der Waals surface area contributed by atoms with Gasteiger partial charge in [-0.15, -0.1) is 5.10 Å². The number of aromatic nitrogens is 2. The van der Waals surface area contributed by atoms with E-state index in [1.165, 1.54) is 30.1 Å². The maximum Gasteiger partial charge on any atom is 0.378 e. The molecule has 2 fully saturated rings. The number of carbonyl (C=O) groups is 1. The average molecular weight is 485 g/mol. The number of esters is 1. The molecule has 1 saturated heterocycles. The zero-order chi connectivity index (χ0) is 20.4. The van der Waals surface area contributed by atoms with E-state index in [2.05, 4.69) is 38.0 Å². The third kappa shape index (κ3) is 4.72. The normalized spacial score (nSPS) is 24.9. The Kier molecular flexibility index (Phi) is 6.35. The number of furan rings is 1. The van der Waals surface area contributed by atoms with Crippen molar-refractivity contribution in [3.63, 3.8) is 0 Å². The van der Waals surface area contributed by atoms with Gasteiger partial charge in [0.1, 0.15) is 17.9 Å². The predicted octanol–water partition coefficient (Wildman–Crippen LogP) is 4.61. The van der Waals surface area contributed by atoms with Crippen LogP contribution < -0.4 is 4.65 Å². The van der Waals surface area contributed by atoms with Crippen LogP contribution in [0.4, 0.5) is 5.13 Å². The summed E-state index contributed by atoms with van der Waals surface area (Å²) >= 11 is 4.61. The maximum atomic E-state index is 13.8. The number of rotatable bonds is 9. The second-order valence-corrected chi connectivity index (χ2v) is 9.66. The lowest BCUT2D eigenvalue weighted by molar-refractivity contribution is 0.00238. The number of nitrogens with zero attached hydrogens (tertiary/aromatic N) is 4. The van der Waals surface area contributed by atoms with Gasteiger partial charge in [0.15, 0.2) is 0 Å². The molecule has 0 spiro atoms. The van der Waals surface area contributed by atoms with E-state index >= 15 is 0 Å². The number of ether oxygens (including phenoxy) is 1. The highest BCUT2D eigenvalue weighted by molar-refractivity contribution is 9.10. The van der Waals surface area contributed by atoms with E-state index in [1.807, 2.05) is 0 Å². The van der Waals surface area contributed by atoms with E-state index in [4.69, 9.17) is 9.15 Å². The van der Waals surface area contributed by atoms with Gasteiger partial charge >= 0.3 is 11.1 Å². The smallest absolute Gasteiger partial charge is 0.378 e. The van der Waals surface area contributed by atoms with E-state index in [1.54, 1.807) is 0 Å². The van der Waals surface area contributed by atoms with Crippen LogP contribution in [0.5, 0.6) is 0 Å². The average Bonchev–Trinajstić information content (AvgIpc) is 3.11. The van der Waals surface area contributed by atoms with Crippen LogP contribution >= 0.6 is 27.3 Å². The van der Waals surface area contributed by atoms with Crippen molar-refractivity contribution < 1.29 is 13.9 Å². The molecule has 1 aliphatic heterocycles. The van der Waals surface area contributed by atoms with E-state index in [0.717, 1.165) is 43.7 Å². The van der Waals surface area contributed by atoms with Crippen LogP contribution in [0, 0.1) is 5.21 Å². The first-order valence-corrected chi connectivity index (χ1v) is 11.7. The van der Waals surface area contributed by atoms with Crippen molar-refractivity contribution in [2.24, 2.45) is 0 Å². The van der Waals surface area contributed by atoms with Gasteiger partial charge < -0.3 is 14.4 Å². The van der Waals surface area contributed by atoms with E-state index in [0.29, 0.717) is 22.1 Å². The van der Waals surface area contributed by atoms with Crippen molar-refractivity contribution in [1.82, 2.24) is 19.7 Å². The molecule has 1 saturated carbocycles. The fraction of sp³-hybridized carbons (Fsp3) is 0.632. The highest BCUT2D eigenvalue weighted by Crippen LogP contribution is 2.44. The lowest BCUT2D eigenvalue weighted by Gasteiger charge is -2.38. The zero-order valence-electron chi connectivity index (χ0n) is 16.4. The molecule has 4 rings (SSSR count). The summed E-state index contributed by atoms with van der Waals surface area (Å²) in [6.45, 7) is 3.56. The molecule has 0 bridgehead atoms. The summed E-state index contributed by atoms with van der Waals surface area (Å²) in [4.78, 5) is 14.6. The molecule has 0 amide bonds. The molecule has 2 aromatic heterocycles. The molecule has 3 heterocycles. The Hall–Kier alpha value is -1.33. The van der Waals surface area contributed by atoms with Crippen LogP contribution in [-0.2, 0) is 4.74 Å². The number of halogens is 1. The lowest BCUT2D eigenvalue weighted by Crippen LogP contribution is -2.50. The Bertz CT molecular complexity index is 855. The Balaban J connectivity index is 1.50. The molecule has 2 aliphatic rings. The molecule has 2 unspecified atom stereocenters. The van der Waals surface area contributed by atoms with Gasteiger partial charge in [0.25, 0.3) is 6.23 Å². The van der Waals surface area contributed by atoms with Crippen molar-refractivity contribution in [3.05, 3.63) is 32.8 Å². The van der Waals surface area contributed by atoms with Gasteiger partial charge in [-0.1, -0.05) is 31.3 Å². The minimum atomic E-state index is -0.891. The van der Waals surface area contributed by atoms with Crippen LogP contribution in [0.2, 0.25) is 0 Å². The molecular formula is C19H25BrN4O4S. The summed E-state index contributed by atoms with van der Waals surface area (Å²) in [5.74, 6) is -0.137. The monoisotopic (exact) mass is 484 g/mol. The molecule has 0 N–H and O–H groups in total. The maximum absolute atomic E-state index is 13.8. The standard InChI is InChI=1S/C19H25BrN4O4S/c1-2-3-4-5-8-23-10-16(28-18(25)15-9-14(20)11-27-15)24(26,12-23)19-22-21-17(29-19)13-6-7-13/h9,11,13,16H,2-8,10,12H2,1H3. The first-order chi connectivity index (χ1) is 14.0. The Morgan fingerprint density at radius 1 is 1.41 bits per heavy atom. The van der Waals surface area contributed by atoms with Gasteiger partial charge in [-0.2, -0.15) is 0 Å². The molecule has 1 aliphatic carbocycles. The third-order valence-electron chi connectivity index (χ3n) is 5.31. The number of hydroxylamine groups is 2.